The molecule has 3 heteroatoms. The number of nitrogens with one attached hydrogen (secondary N) is 1. The molecule has 1 aromatic carbocycles. The van der Waals surface area contributed by atoms with Gasteiger partial charge < -0.3 is 9.73 Å². The molecule has 1 aliphatic heterocycles. The Morgan fingerprint density at radius 2 is 2.31 bits per heavy atom. The molecule has 0 aliphatic carbocycles. The predicted octanol–water partition coefficient (Wildman–Crippen LogP) is 2.30. The maximum absolute atomic E-state index is 5.34. The molecule has 1 N–H and O–H groups in total. The quantitative estimate of drug-likeness (QED) is 0.791. The van der Waals surface area contributed by atoms with E-state index in [1.165, 1.54) is 16.7 Å². The van der Waals surface area contributed by atoms with Crippen molar-refractivity contribution in [1.82, 2.24) is 10.3 Å². The summed E-state index contributed by atoms with van der Waals surface area (Å²) in [5.74, 6) is 0.712. The molecule has 0 radical (unpaired) electrons. The monoisotopic (exact) mass is 214 g/mol. The lowest BCUT2D eigenvalue weighted by molar-refractivity contribution is 0.574. The van der Waals surface area contributed by atoms with E-state index in [9.17, 15) is 0 Å². The van der Waals surface area contributed by atoms with E-state index in [1.54, 1.807) is 12.5 Å². The van der Waals surface area contributed by atoms with Gasteiger partial charge in [-0.2, -0.15) is 0 Å². The Hall–Kier alpha value is -1.61. The average Bonchev–Trinajstić information content (AvgIpc) is 2.82. The van der Waals surface area contributed by atoms with Crippen molar-refractivity contribution in [2.75, 3.05) is 6.54 Å². The average molecular weight is 214 g/mol. The Balaban J connectivity index is 2.12. The number of hydrogen-bond donors (Lipinski definition) is 1. The summed E-state index contributed by atoms with van der Waals surface area (Å²) in [5, 5.41) is 3.40. The summed E-state index contributed by atoms with van der Waals surface area (Å²) in [5.41, 5.74) is 5.26. The zero-order valence-corrected chi connectivity index (χ0v) is 9.29. The van der Waals surface area contributed by atoms with E-state index < -0.39 is 0 Å². The Morgan fingerprint density at radius 3 is 3.12 bits per heavy atom. The highest BCUT2D eigenvalue weighted by molar-refractivity contribution is 5.58. The Bertz CT molecular complexity index is 503. The van der Waals surface area contributed by atoms with Crippen LogP contribution in [0.5, 0.6) is 0 Å². The van der Waals surface area contributed by atoms with Gasteiger partial charge in [0.2, 0.25) is 5.89 Å². The zero-order valence-electron chi connectivity index (χ0n) is 9.29. The summed E-state index contributed by atoms with van der Waals surface area (Å²) in [4.78, 5) is 4.19. The largest absolute Gasteiger partial charge is 0.445 e. The molecular formula is C13H14N2O. The van der Waals surface area contributed by atoms with Crippen LogP contribution in [0.1, 0.15) is 16.7 Å². The molecule has 3 rings (SSSR count). The highest BCUT2D eigenvalue weighted by Crippen LogP contribution is 2.26. The number of fused-ring (bicyclic) bond motifs is 1. The second-order valence-corrected chi connectivity index (χ2v) is 4.19. The molecule has 0 atom stereocenters. The maximum atomic E-state index is 5.34. The van der Waals surface area contributed by atoms with Crippen molar-refractivity contribution in [2.45, 2.75) is 19.9 Å². The number of aromatic nitrogens is 1. The van der Waals surface area contributed by atoms with Crippen molar-refractivity contribution in [3.8, 4) is 11.5 Å². The third kappa shape index (κ3) is 1.53. The SMILES string of the molecule is Cc1cc(-c2ncco2)cc2c1CNCC2. The van der Waals surface area contributed by atoms with Crippen molar-refractivity contribution in [1.29, 1.82) is 0 Å². The number of nitrogens with zero attached hydrogens (tertiary/aromatic N) is 1. The Labute approximate surface area is 94.5 Å². The summed E-state index contributed by atoms with van der Waals surface area (Å²) in [7, 11) is 0. The summed E-state index contributed by atoms with van der Waals surface area (Å²) >= 11 is 0. The van der Waals surface area contributed by atoms with Crippen molar-refractivity contribution < 1.29 is 4.42 Å². The van der Waals surface area contributed by atoms with Crippen LogP contribution in [0, 0.1) is 6.92 Å². The minimum atomic E-state index is 0.712. The number of oxazole rings is 1. The fraction of sp³-hybridized carbons (Fsp3) is 0.308. The Kier molecular flexibility index (Phi) is 2.26. The van der Waals surface area contributed by atoms with Gasteiger partial charge in [-0.25, -0.2) is 4.98 Å². The lowest BCUT2D eigenvalue weighted by atomic mass is 9.94. The van der Waals surface area contributed by atoms with Gasteiger partial charge in [-0.15, -0.1) is 0 Å². The van der Waals surface area contributed by atoms with Crippen LogP contribution < -0.4 is 5.32 Å². The first-order valence-electron chi connectivity index (χ1n) is 5.57. The zero-order chi connectivity index (χ0) is 11.0. The highest BCUT2D eigenvalue weighted by Gasteiger charge is 2.14. The van der Waals surface area contributed by atoms with Crippen molar-refractivity contribution in [3.05, 3.63) is 41.3 Å². The van der Waals surface area contributed by atoms with E-state index in [1.807, 2.05) is 0 Å². The van der Waals surface area contributed by atoms with Gasteiger partial charge in [-0.3, -0.25) is 0 Å². The van der Waals surface area contributed by atoms with E-state index in [0.29, 0.717) is 5.89 Å². The van der Waals surface area contributed by atoms with Gasteiger partial charge in [0.05, 0.1) is 6.20 Å². The number of hydrogen-bond acceptors (Lipinski definition) is 3. The molecule has 16 heavy (non-hydrogen) atoms. The molecule has 0 saturated carbocycles. The van der Waals surface area contributed by atoms with Crippen LogP contribution in [0.3, 0.4) is 0 Å². The first-order valence-corrected chi connectivity index (χ1v) is 5.57. The summed E-state index contributed by atoms with van der Waals surface area (Å²) in [6.07, 6.45) is 4.39. The normalized spacial score (nSPS) is 14.8. The van der Waals surface area contributed by atoms with Crippen LogP contribution in [0.15, 0.2) is 29.0 Å². The summed E-state index contributed by atoms with van der Waals surface area (Å²) < 4.78 is 5.34. The molecule has 2 aromatic rings. The topological polar surface area (TPSA) is 38.1 Å². The van der Waals surface area contributed by atoms with Gasteiger partial charge >= 0.3 is 0 Å². The third-order valence-electron chi connectivity index (χ3n) is 3.12. The number of rotatable bonds is 1. The van der Waals surface area contributed by atoms with Gasteiger partial charge in [0.15, 0.2) is 0 Å². The fourth-order valence-corrected chi connectivity index (χ4v) is 2.29. The van der Waals surface area contributed by atoms with Crippen LogP contribution >= 0.6 is 0 Å². The minimum absolute atomic E-state index is 0.712. The van der Waals surface area contributed by atoms with Crippen molar-refractivity contribution >= 4 is 0 Å². The first-order chi connectivity index (χ1) is 7.84. The van der Waals surface area contributed by atoms with Gasteiger partial charge in [0.1, 0.15) is 6.26 Å². The molecule has 1 aliphatic rings. The van der Waals surface area contributed by atoms with Crippen molar-refractivity contribution in [2.24, 2.45) is 0 Å². The molecule has 1 aromatic heterocycles. The fourth-order valence-electron chi connectivity index (χ4n) is 2.29. The Morgan fingerprint density at radius 1 is 1.38 bits per heavy atom. The van der Waals surface area contributed by atoms with Crippen LogP contribution in [0.25, 0.3) is 11.5 Å². The van der Waals surface area contributed by atoms with Crippen LogP contribution in [0.2, 0.25) is 0 Å². The second kappa shape index (κ2) is 3.76. The molecule has 0 amide bonds. The smallest absolute Gasteiger partial charge is 0.225 e. The molecule has 3 nitrogen and oxygen atoms in total. The molecule has 0 saturated heterocycles. The van der Waals surface area contributed by atoms with Gasteiger partial charge in [-0.05, 0) is 48.7 Å². The summed E-state index contributed by atoms with van der Waals surface area (Å²) in [6.45, 7) is 4.19. The number of aryl methyl sites for hydroxylation is 1. The first kappa shape index (κ1) is 9.60. The lowest BCUT2D eigenvalue weighted by Crippen LogP contribution is -2.24. The summed E-state index contributed by atoms with van der Waals surface area (Å²) in [6, 6.07) is 4.35. The molecule has 0 fully saturated rings. The van der Waals surface area contributed by atoms with Crippen LogP contribution in [0.4, 0.5) is 0 Å². The second-order valence-electron chi connectivity index (χ2n) is 4.19. The van der Waals surface area contributed by atoms with E-state index >= 15 is 0 Å². The van der Waals surface area contributed by atoms with Gasteiger partial charge in [0.25, 0.3) is 0 Å². The maximum Gasteiger partial charge on any atom is 0.225 e. The van der Waals surface area contributed by atoms with Crippen molar-refractivity contribution in [3.63, 3.8) is 0 Å². The minimum Gasteiger partial charge on any atom is -0.445 e. The van der Waals surface area contributed by atoms with Gasteiger partial charge in [-0.1, -0.05) is 0 Å². The highest BCUT2D eigenvalue weighted by atomic mass is 16.3. The molecule has 0 spiro atoms. The molecule has 0 bridgehead atoms. The predicted molar refractivity (Wildman–Crippen MR) is 62.1 cm³/mol. The van der Waals surface area contributed by atoms with Crippen LogP contribution in [-0.4, -0.2) is 11.5 Å². The number of benzene rings is 1. The van der Waals surface area contributed by atoms with E-state index in [2.05, 4.69) is 29.4 Å². The van der Waals surface area contributed by atoms with Crippen LogP contribution in [-0.2, 0) is 13.0 Å². The lowest BCUT2D eigenvalue weighted by Gasteiger charge is -2.19. The molecule has 0 unspecified atom stereocenters. The van der Waals surface area contributed by atoms with E-state index in [-0.39, 0.29) is 0 Å². The van der Waals surface area contributed by atoms with Gasteiger partial charge in [0, 0.05) is 12.1 Å². The molecule has 2 heterocycles. The molecule has 82 valence electrons. The molecular weight excluding hydrogens is 200 g/mol. The third-order valence-corrected chi connectivity index (χ3v) is 3.12. The van der Waals surface area contributed by atoms with E-state index in [4.69, 9.17) is 4.42 Å². The standard InChI is InChI=1S/C13H14N2O/c1-9-6-11(13-15-4-5-16-13)7-10-2-3-14-8-12(9)10/h4-7,14H,2-3,8H2,1H3. The van der Waals surface area contributed by atoms with E-state index in [0.717, 1.165) is 25.1 Å².